The van der Waals surface area contributed by atoms with E-state index >= 15 is 0 Å². The van der Waals surface area contributed by atoms with Crippen LogP contribution in [0.4, 0.5) is 0 Å². The normalized spacial score (nSPS) is 11.7. The maximum atomic E-state index is 12.1. The fourth-order valence-corrected chi connectivity index (χ4v) is 2.72. The van der Waals surface area contributed by atoms with Crippen LogP contribution in [0.15, 0.2) is 35.4 Å². The highest BCUT2D eigenvalue weighted by Crippen LogP contribution is 2.12. The fourth-order valence-electron chi connectivity index (χ4n) is 1.71. The second-order valence-corrected chi connectivity index (χ2v) is 6.11. The third-order valence-corrected chi connectivity index (χ3v) is 4.45. The number of aryl methyl sites for hydroxylation is 2. The molecule has 1 heterocycles. The molecule has 6 heteroatoms. The van der Waals surface area contributed by atoms with Gasteiger partial charge in [-0.15, -0.1) is 0 Å². The third-order valence-electron chi connectivity index (χ3n) is 3.03. The molecule has 0 saturated heterocycles. The van der Waals surface area contributed by atoms with Crippen molar-refractivity contribution in [3.63, 3.8) is 0 Å². The van der Waals surface area contributed by atoms with Crippen LogP contribution >= 0.6 is 0 Å². The van der Waals surface area contributed by atoms with E-state index in [0.29, 0.717) is 0 Å². The number of nitrogens with one attached hydrogen (secondary N) is 2. The quantitative estimate of drug-likeness (QED) is 0.875. The number of aromatic amines is 1. The molecule has 5 nitrogen and oxygen atoms in total. The second kappa shape index (κ2) is 5.54. The number of nitrogens with zero attached hydrogens (tertiary/aromatic N) is 1. The molecule has 0 spiro atoms. The minimum Gasteiger partial charge on any atom is -0.283 e. The maximum absolute atomic E-state index is 12.1. The lowest BCUT2D eigenvalue weighted by Crippen LogP contribution is -2.23. The molecule has 0 bridgehead atoms. The van der Waals surface area contributed by atoms with Crippen molar-refractivity contribution in [3.05, 3.63) is 47.3 Å². The average Bonchev–Trinajstić information content (AvgIpc) is 2.82. The molecule has 1 aromatic heterocycles. The molecule has 0 radical (unpaired) electrons. The Bertz CT molecular complexity index is 645. The molecule has 2 aromatic rings. The Kier molecular flexibility index (Phi) is 4.01. The summed E-state index contributed by atoms with van der Waals surface area (Å²) in [6, 6.07) is 6.92. The predicted octanol–water partition coefficient (Wildman–Crippen LogP) is 1.76. The Morgan fingerprint density at radius 2 is 1.95 bits per heavy atom. The lowest BCUT2D eigenvalue weighted by Gasteiger charge is -2.07. The molecule has 19 heavy (non-hydrogen) atoms. The summed E-state index contributed by atoms with van der Waals surface area (Å²) in [7, 11) is -3.47. The first-order valence-corrected chi connectivity index (χ1v) is 7.58. The summed E-state index contributed by atoms with van der Waals surface area (Å²) >= 11 is 0. The van der Waals surface area contributed by atoms with E-state index in [1.54, 1.807) is 18.3 Å². The van der Waals surface area contributed by atoms with Crippen molar-refractivity contribution < 1.29 is 8.42 Å². The molecule has 0 aliphatic rings. The van der Waals surface area contributed by atoms with Crippen molar-refractivity contribution in [2.45, 2.75) is 31.7 Å². The maximum Gasteiger partial charge on any atom is 0.240 e. The van der Waals surface area contributed by atoms with Gasteiger partial charge in [0.25, 0.3) is 0 Å². The highest BCUT2D eigenvalue weighted by atomic mass is 32.2. The molecule has 1 aromatic carbocycles. The number of rotatable bonds is 5. The lowest BCUT2D eigenvalue weighted by molar-refractivity contribution is 0.581. The van der Waals surface area contributed by atoms with E-state index in [-0.39, 0.29) is 11.4 Å². The van der Waals surface area contributed by atoms with Gasteiger partial charge in [-0.25, -0.2) is 13.1 Å². The van der Waals surface area contributed by atoms with Gasteiger partial charge in [0.1, 0.15) is 0 Å². The molecule has 0 atom stereocenters. The first kappa shape index (κ1) is 13.8. The van der Waals surface area contributed by atoms with Crippen molar-refractivity contribution in [1.29, 1.82) is 0 Å². The highest BCUT2D eigenvalue weighted by molar-refractivity contribution is 7.89. The van der Waals surface area contributed by atoms with Crippen LogP contribution in [-0.4, -0.2) is 18.6 Å². The minimum absolute atomic E-state index is 0.236. The fraction of sp³-hybridized carbons (Fsp3) is 0.308. The molecule has 0 saturated carbocycles. The number of aromatic nitrogens is 2. The van der Waals surface area contributed by atoms with Gasteiger partial charge in [-0.3, -0.25) is 5.10 Å². The summed E-state index contributed by atoms with van der Waals surface area (Å²) in [5.41, 5.74) is 2.82. The number of benzene rings is 1. The highest BCUT2D eigenvalue weighted by Gasteiger charge is 2.14. The average molecular weight is 279 g/mol. The molecule has 0 fully saturated rings. The number of hydrogen-bond acceptors (Lipinski definition) is 3. The molecular formula is C13H17N3O2S. The third kappa shape index (κ3) is 3.21. The Morgan fingerprint density at radius 3 is 2.47 bits per heavy atom. The van der Waals surface area contributed by atoms with Gasteiger partial charge in [0.15, 0.2) is 0 Å². The van der Waals surface area contributed by atoms with Crippen LogP contribution in [0.25, 0.3) is 0 Å². The van der Waals surface area contributed by atoms with Gasteiger partial charge in [0.05, 0.1) is 11.1 Å². The van der Waals surface area contributed by atoms with Crippen LogP contribution in [0.3, 0.4) is 0 Å². The van der Waals surface area contributed by atoms with Crippen LogP contribution in [0.1, 0.15) is 23.7 Å². The number of hydrogen-bond donors (Lipinski definition) is 2. The van der Waals surface area contributed by atoms with E-state index in [2.05, 4.69) is 14.9 Å². The van der Waals surface area contributed by atoms with Crippen LogP contribution in [0.2, 0.25) is 0 Å². The van der Waals surface area contributed by atoms with Gasteiger partial charge >= 0.3 is 0 Å². The van der Waals surface area contributed by atoms with E-state index in [4.69, 9.17) is 0 Å². The molecule has 102 valence electrons. The van der Waals surface area contributed by atoms with Crippen LogP contribution in [-0.2, 0) is 23.0 Å². The zero-order valence-electron chi connectivity index (χ0n) is 11.0. The second-order valence-electron chi connectivity index (χ2n) is 4.34. The van der Waals surface area contributed by atoms with E-state index in [0.717, 1.165) is 23.2 Å². The first-order chi connectivity index (χ1) is 9.03. The topological polar surface area (TPSA) is 74.8 Å². The minimum atomic E-state index is -3.47. The van der Waals surface area contributed by atoms with Gasteiger partial charge in [-0.05, 0) is 31.0 Å². The van der Waals surface area contributed by atoms with E-state index < -0.39 is 10.0 Å². The van der Waals surface area contributed by atoms with Crippen molar-refractivity contribution >= 4 is 10.0 Å². The van der Waals surface area contributed by atoms with Crippen LogP contribution < -0.4 is 4.72 Å². The summed E-state index contributed by atoms with van der Waals surface area (Å²) in [6.45, 7) is 4.12. The molecular weight excluding hydrogens is 262 g/mol. The standard InChI is InChI=1S/C13H17N3O2S/c1-3-11-4-6-13(7-5-11)19(17,18)15-9-12-8-14-16-10(12)2/h4-8,15H,3,9H2,1-2H3,(H,14,16). The summed E-state index contributed by atoms with van der Waals surface area (Å²) in [4.78, 5) is 0.283. The Hall–Kier alpha value is -1.66. The first-order valence-electron chi connectivity index (χ1n) is 6.10. The largest absolute Gasteiger partial charge is 0.283 e. The Balaban J connectivity index is 2.11. The van der Waals surface area contributed by atoms with Gasteiger partial charge in [-0.1, -0.05) is 19.1 Å². The molecule has 2 rings (SSSR count). The Labute approximate surface area is 113 Å². The van der Waals surface area contributed by atoms with Crippen molar-refractivity contribution in [2.75, 3.05) is 0 Å². The van der Waals surface area contributed by atoms with Crippen LogP contribution in [0, 0.1) is 6.92 Å². The molecule has 2 N–H and O–H groups in total. The van der Waals surface area contributed by atoms with Crippen molar-refractivity contribution in [1.82, 2.24) is 14.9 Å². The lowest BCUT2D eigenvalue weighted by atomic mass is 10.2. The Morgan fingerprint density at radius 1 is 1.26 bits per heavy atom. The molecule has 0 aliphatic carbocycles. The van der Waals surface area contributed by atoms with Gasteiger partial charge < -0.3 is 0 Å². The van der Waals surface area contributed by atoms with Gasteiger partial charge in [-0.2, -0.15) is 5.10 Å². The van der Waals surface area contributed by atoms with E-state index in [1.165, 1.54) is 0 Å². The van der Waals surface area contributed by atoms with E-state index in [1.807, 2.05) is 26.0 Å². The molecule has 0 unspecified atom stereocenters. The molecule has 0 aliphatic heterocycles. The van der Waals surface area contributed by atoms with Crippen molar-refractivity contribution in [3.8, 4) is 0 Å². The summed E-state index contributed by atoms with van der Waals surface area (Å²) in [5, 5.41) is 6.63. The van der Waals surface area contributed by atoms with Gasteiger partial charge in [0, 0.05) is 17.8 Å². The van der Waals surface area contributed by atoms with Crippen LogP contribution in [0.5, 0.6) is 0 Å². The zero-order chi connectivity index (χ0) is 13.9. The molecule has 0 amide bonds. The monoisotopic (exact) mass is 279 g/mol. The van der Waals surface area contributed by atoms with Gasteiger partial charge in [0.2, 0.25) is 10.0 Å². The smallest absolute Gasteiger partial charge is 0.240 e. The summed E-state index contributed by atoms with van der Waals surface area (Å²) in [6.07, 6.45) is 2.51. The number of H-pyrrole nitrogens is 1. The van der Waals surface area contributed by atoms with Crippen molar-refractivity contribution in [2.24, 2.45) is 0 Å². The summed E-state index contributed by atoms with van der Waals surface area (Å²) < 4.78 is 26.8. The number of sulfonamides is 1. The van der Waals surface area contributed by atoms with E-state index in [9.17, 15) is 8.42 Å². The SMILES string of the molecule is CCc1ccc(S(=O)(=O)NCc2cn[nH]c2C)cc1. The predicted molar refractivity (Wildman–Crippen MR) is 73.2 cm³/mol. The zero-order valence-corrected chi connectivity index (χ0v) is 11.8. The summed E-state index contributed by atoms with van der Waals surface area (Å²) in [5.74, 6) is 0.